The number of halogens is 2. The van der Waals surface area contributed by atoms with Crippen molar-refractivity contribution in [2.75, 3.05) is 13.1 Å². The number of benzene rings is 1. The summed E-state index contributed by atoms with van der Waals surface area (Å²) < 4.78 is 0. The fourth-order valence-corrected chi connectivity index (χ4v) is 4.15. The predicted octanol–water partition coefficient (Wildman–Crippen LogP) is 3.68. The van der Waals surface area contributed by atoms with Gasteiger partial charge in [0.05, 0.1) is 15.5 Å². The van der Waals surface area contributed by atoms with Crippen LogP contribution in [0.3, 0.4) is 0 Å². The quantitative estimate of drug-likeness (QED) is 0.925. The van der Waals surface area contributed by atoms with Crippen LogP contribution in [0.2, 0.25) is 10.0 Å². The van der Waals surface area contributed by atoms with Gasteiger partial charge in [0.1, 0.15) is 0 Å². The van der Waals surface area contributed by atoms with E-state index in [4.69, 9.17) is 23.2 Å². The Labute approximate surface area is 128 Å². The van der Waals surface area contributed by atoms with Crippen molar-refractivity contribution in [3.63, 3.8) is 0 Å². The van der Waals surface area contributed by atoms with Crippen LogP contribution < -0.4 is 0 Å². The van der Waals surface area contributed by atoms with Gasteiger partial charge in [0.25, 0.3) is 0 Å². The van der Waals surface area contributed by atoms with Crippen LogP contribution in [0.15, 0.2) is 18.2 Å². The van der Waals surface area contributed by atoms with Crippen LogP contribution in [-0.2, 0) is 11.3 Å². The summed E-state index contributed by atoms with van der Waals surface area (Å²) >= 11 is 12.2. The number of hydrogen-bond acceptors (Lipinski definition) is 2. The molecule has 1 aliphatic heterocycles. The zero-order valence-corrected chi connectivity index (χ0v) is 12.6. The highest BCUT2D eigenvalue weighted by molar-refractivity contribution is 6.42. The molecule has 0 spiro atoms. The minimum Gasteiger partial charge on any atom is -0.481 e. The number of aliphatic carboxylic acids is 1. The Morgan fingerprint density at radius 1 is 1.45 bits per heavy atom. The second-order valence-corrected chi connectivity index (χ2v) is 6.72. The summed E-state index contributed by atoms with van der Waals surface area (Å²) in [5.41, 5.74) is 0.435. The van der Waals surface area contributed by atoms with E-state index < -0.39 is 11.4 Å². The summed E-state index contributed by atoms with van der Waals surface area (Å²) in [6, 6.07) is 5.61. The van der Waals surface area contributed by atoms with Crippen molar-refractivity contribution in [1.82, 2.24) is 4.90 Å². The van der Waals surface area contributed by atoms with Crippen molar-refractivity contribution >= 4 is 29.2 Å². The number of hydrogen-bond donors (Lipinski definition) is 1. The standard InChI is InChI=1S/C15H17Cl2NO2/c16-12-5-1-3-10(13(12)17)7-18-8-11-4-2-6-15(11,9-18)14(19)20/h1,3,5,11H,2,4,6-9H2,(H,19,20)/t11-,15+/m0/s1. The molecule has 0 radical (unpaired) electrons. The van der Waals surface area contributed by atoms with Gasteiger partial charge >= 0.3 is 5.97 Å². The topological polar surface area (TPSA) is 40.5 Å². The van der Waals surface area contributed by atoms with E-state index in [1.165, 1.54) is 0 Å². The Hall–Kier alpha value is -0.770. The van der Waals surface area contributed by atoms with Gasteiger partial charge in [-0.15, -0.1) is 0 Å². The third kappa shape index (κ3) is 2.22. The molecule has 0 bridgehead atoms. The van der Waals surface area contributed by atoms with Gasteiger partial charge in [-0.3, -0.25) is 9.69 Å². The molecule has 1 heterocycles. The lowest BCUT2D eigenvalue weighted by molar-refractivity contribution is -0.149. The number of nitrogens with zero attached hydrogens (tertiary/aromatic N) is 1. The van der Waals surface area contributed by atoms with E-state index in [0.29, 0.717) is 23.1 Å². The highest BCUT2D eigenvalue weighted by Crippen LogP contribution is 2.49. The maximum atomic E-state index is 11.7. The second-order valence-electron chi connectivity index (χ2n) is 5.93. The number of carboxylic acid groups (broad SMARTS) is 1. The number of fused-ring (bicyclic) bond motifs is 1. The molecule has 1 N–H and O–H groups in total. The number of likely N-dealkylation sites (tertiary alicyclic amines) is 1. The summed E-state index contributed by atoms with van der Waals surface area (Å²) in [6.45, 7) is 2.13. The zero-order valence-electron chi connectivity index (χ0n) is 11.1. The van der Waals surface area contributed by atoms with E-state index in [1.807, 2.05) is 12.1 Å². The second kappa shape index (κ2) is 5.21. The molecule has 1 saturated heterocycles. The highest BCUT2D eigenvalue weighted by Gasteiger charge is 2.54. The van der Waals surface area contributed by atoms with E-state index in [9.17, 15) is 9.90 Å². The summed E-state index contributed by atoms with van der Waals surface area (Å²) in [6.07, 6.45) is 2.85. The van der Waals surface area contributed by atoms with Gasteiger partial charge < -0.3 is 5.11 Å². The smallest absolute Gasteiger partial charge is 0.311 e. The van der Waals surface area contributed by atoms with Crippen LogP contribution in [-0.4, -0.2) is 29.1 Å². The van der Waals surface area contributed by atoms with Crippen molar-refractivity contribution in [2.45, 2.75) is 25.8 Å². The molecule has 1 aliphatic carbocycles. The lowest BCUT2D eigenvalue weighted by Crippen LogP contribution is -2.35. The predicted molar refractivity (Wildman–Crippen MR) is 79.1 cm³/mol. The van der Waals surface area contributed by atoms with E-state index in [0.717, 1.165) is 31.4 Å². The third-order valence-electron chi connectivity index (χ3n) is 4.79. The Kier molecular flexibility index (Phi) is 3.69. The summed E-state index contributed by atoms with van der Waals surface area (Å²) in [5.74, 6) is -0.363. The average molecular weight is 314 g/mol. The van der Waals surface area contributed by atoms with Crippen LogP contribution in [0.5, 0.6) is 0 Å². The summed E-state index contributed by atoms with van der Waals surface area (Å²) in [4.78, 5) is 13.9. The summed E-state index contributed by atoms with van der Waals surface area (Å²) in [7, 11) is 0. The monoisotopic (exact) mass is 313 g/mol. The SMILES string of the molecule is O=C(O)[C@@]12CCC[C@H]1CN(Cc1cccc(Cl)c1Cl)C2. The largest absolute Gasteiger partial charge is 0.481 e. The van der Waals surface area contributed by atoms with E-state index in [-0.39, 0.29) is 5.92 Å². The Bertz CT molecular complexity index is 549. The van der Waals surface area contributed by atoms with Crippen LogP contribution >= 0.6 is 23.2 Å². The first kappa shape index (κ1) is 14.2. The minimum atomic E-state index is -0.639. The molecule has 2 atom stereocenters. The lowest BCUT2D eigenvalue weighted by Gasteiger charge is -2.23. The van der Waals surface area contributed by atoms with E-state index >= 15 is 0 Å². The molecule has 3 nitrogen and oxygen atoms in total. The number of carbonyl (C=O) groups is 1. The molecule has 2 aliphatic rings. The normalized spacial score (nSPS) is 29.6. The highest BCUT2D eigenvalue weighted by atomic mass is 35.5. The molecule has 20 heavy (non-hydrogen) atoms. The van der Waals surface area contributed by atoms with Crippen LogP contribution in [0, 0.1) is 11.3 Å². The van der Waals surface area contributed by atoms with Crippen molar-refractivity contribution < 1.29 is 9.90 Å². The molecule has 3 rings (SSSR count). The van der Waals surface area contributed by atoms with E-state index in [2.05, 4.69) is 4.90 Å². The third-order valence-corrected chi connectivity index (χ3v) is 5.65. The fraction of sp³-hybridized carbons (Fsp3) is 0.533. The van der Waals surface area contributed by atoms with E-state index in [1.54, 1.807) is 6.07 Å². The minimum absolute atomic E-state index is 0.276. The number of carboxylic acids is 1. The van der Waals surface area contributed by atoms with Gasteiger partial charge in [0.2, 0.25) is 0 Å². The lowest BCUT2D eigenvalue weighted by atomic mass is 9.81. The van der Waals surface area contributed by atoms with Crippen molar-refractivity contribution in [3.05, 3.63) is 33.8 Å². The van der Waals surface area contributed by atoms with Crippen molar-refractivity contribution in [3.8, 4) is 0 Å². The Morgan fingerprint density at radius 3 is 2.95 bits per heavy atom. The average Bonchev–Trinajstić information content (AvgIpc) is 2.92. The summed E-state index contributed by atoms with van der Waals surface area (Å²) in [5, 5.41) is 10.7. The van der Waals surface area contributed by atoms with Gasteiger partial charge in [-0.05, 0) is 30.4 Å². The number of rotatable bonds is 3. The van der Waals surface area contributed by atoms with Gasteiger partial charge in [-0.25, -0.2) is 0 Å². The first-order valence-corrected chi connectivity index (χ1v) is 7.67. The molecule has 1 aromatic rings. The van der Waals surface area contributed by atoms with Gasteiger partial charge in [-0.2, -0.15) is 0 Å². The fourth-order valence-electron chi connectivity index (χ4n) is 3.77. The molecular weight excluding hydrogens is 297 g/mol. The van der Waals surface area contributed by atoms with Gasteiger partial charge in [-0.1, -0.05) is 41.8 Å². The van der Waals surface area contributed by atoms with Gasteiger partial charge in [0, 0.05) is 19.6 Å². The Balaban J connectivity index is 1.78. The molecule has 0 amide bonds. The first-order valence-electron chi connectivity index (χ1n) is 6.91. The van der Waals surface area contributed by atoms with Crippen molar-refractivity contribution in [2.24, 2.45) is 11.3 Å². The maximum absolute atomic E-state index is 11.7. The Morgan fingerprint density at radius 2 is 2.25 bits per heavy atom. The zero-order chi connectivity index (χ0) is 14.3. The molecule has 5 heteroatoms. The molecular formula is C15H17Cl2NO2. The first-order chi connectivity index (χ1) is 9.53. The maximum Gasteiger partial charge on any atom is 0.311 e. The molecule has 2 fully saturated rings. The van der Waals surface area contributed by atoms with Crippen LogP contribution in [0.1, 0.15) is 24.8 Å². The molecule has 0 aromatic heterocycles. The van der Waals surface area contributed by atoms with Crippen LogP contribution in [0.25, 0.3) is 0 Å². The molecule has 1 saturated carbocycles. The molecule has 0 unspecified atom stereocenters. The van der Waals surface area contributed by atoms with Crippen molar-refractivity contribution in [1.29, 1.82) is 0 Å². The van der Waals surface area contributed by atoms with Crippen LogP contribution in [0.4, 0.5) is 0 Å². The van der Waals surface area contributed by atoms with Gasteiger partial charge in [0.15, 0.2) is 0 Å². The molecule has 108 valence electrons. The molecule has 1 aromatic carbocycles.